The van der Waals surface area contributed by atoms with Gasteiger partial charge in [-0.05, 0) is 13.0 Å². The number of nitrogens with one attached hydrogen (secondary N) is 1. The largest absolute Gasteiger partial charge is 0.306 e. The first-order chi connectivity index (χ1) is 6.59. The number of rotatable bonds is 4. The first-order valence-corrected chi connectivity index (χ1v) is 4.23. The fourth-order valence-electron chi connectivity index (χ4n) is 1.04. The van der Waals surface area contributed by atoms with Crippen molar-refractivity contribution in [3.63, 3.8) is 0 Å². The molecular weight excluding hydrogens is 188 g/mol. The number of hydrogen-bond donors (Lipinski definition) is 1. The summed E-state index contributed by atoms with van der Waals surface area (Å²) in [4.78, 5) is 10.6. The minimum atomic E-state index is -0.599. The summed E-state index contributed by atoms with van der Waals surface area (Å²) in [5.74, 6) is -1.22. The van der Waals surface area contributed by atoms with E-state index in [4.69, 9.17) is 0 Å². The first-order valence-electron chi connectivity index (χ1n) is 4.23. The third kappa shape index (κ3) is 3.22. The molecule has 0 saturated carbocycles. The van der Waals surface area contributed by atoms with E-state index >= 15 is 0 Å². The maximum Gasteiger partial charge on any atom is 0.143 e. The van der Waals surface area contributed by atoms with Crippen molar-refractivity contribution in [1.29, 1.82) is 0 Å². The van der Waals surface area contributed by atoms with Crippen LogP contribution in [0.1, 0.15) is 12.5 Å². The summed E-state index contributed by atoms with van der Waals surface area (Å²) in [5.41, 5.74) is 0.354. The summed E-state index contributed by atoms with van der Waals surface area (Å²) < 4.78 is 25.5. The number of ketones is 1. The van der Waals surface area contributed by atoms with E-state index in [1.807, 2.05) is 0 Å². The van der Waals surface area contributed by atoms with Crippen LogP contribution in [-0.2, 0) is 11.3 Å². The highest BCUT2D eigenvalue weighted by Crippen LogP contribution is 2.08. The molecule has 0 heterocycles. The smallest absolute Gasteiger partial charge is 0.143 e. The van der Waals surface area contributed by atoms with Crippen LogP contribution in [0, 0.1) is 11.6 Å². The Kier molecular flexibility index (Phi) is 3.71. The molecule has 0 atom stereocenters. The molecule has 1 aromatic carbocycles. The average Bonchev–Trinajstić information content (AvgIpc) is 2.08. The number of Topliss-reactive ketones (excluding diaryl/α,β-unsaturated/α-hetero) is 1. The van der Waals surface area contributed by atoms with Crippen molar-refractivity contribution in [3.05, 3.63) is 35.4 Å². The van der Waals surface area contributed by atoms with Crippen LogP contribution in [0.5, 0.6) is 0 Å². The number of carbonyl (C=O) groups is 1. The number of carbonyl (C=O) groups excluding carboxylic acids is 1. The van der Waals surface area contributed by atoms with E-state index in [1.54, 1.807) is 0 Å². The second-order valence-corrected chi connectivity index (χ2v) is 3.04. The Morgan fingerprint density at radius 1 is 1.43 bits per heavy atom. The molecule has 2 nitrogen and oxygen atoms in total. The van der Waals surface area contributed by atoms with Crippen molar-refractivity contribution in [2.24, 2.45) is 0 Å². The predicted molar refractivity (Wildman–Crippen MR) is 48.7 cm³/mol. The highest BCUT2D eigenvalue weighted by atomic mass is 19.1. The molecule has 0 bridgehead atoms. The van der Waals surface area contributed by atoms with Crippen LogP contribution in [0.2, 0.25) is 0 Å². The molecule has 1 rings (SSSR count). The topological polar surface area (TPSA) is 29.1 Å². The Labute approximate surface area is 80.9 Å². The Balaban J connectivity index is 2.55. The summed E-state index contributed by atoms with van der Waals surface area (Å²) in [6.07, 6.45) is 0. The first kappa shape index (κ1) is 10.8. The zero-order chi connectivity index (χ0) is 10.6. The highest BCUT2D eigenvalue weighted by molar-refractivity contribution is 5.77. The minimum Gasteiger partial charge on any atom is -0.306 e. The normalized spacial score (nSPS) is 10.2. The van der Waals surface area contributed by atoms with Gasteiger partial charge in [0.2, 0.25) is 0 Å². The molecule has 4 heteroatoms. The molecule has 0 aromatic heterocycles. The van der Waals surface area contributed by atoms with Crippen LogP contribution >= 0.6 is 0 Å². The second kappa shape index (κ2) is 4.81. The highest BCUT2D eigenvalue weighted by Gasteiger charge is 2.03. The molecule has 14 heavy (non-hydrogen) atoms. The Hall–Kier alpha value is -1.29. The van der Waals surface area contributed by atoms with Crippen LogP contribution in [0.25, 0.3) is 0 Å². The molecule has 76 valence electrons. The van der Waals surface area contributed by atoms with Crippen LogP contribution in [0.3, 0.4) is 0 Å². The summed E-state index contributed by atoms with van der Waals surface area (Å²) in [6, 6.07) is 3.37. The summed E-state index contributed by atoms with van der Waals surface area (Å²) in [6.45, 7) is 1.86. The molecule has 0 amide bonds. The fraction of sp³-hybridized carbons (Fsp3) is 0.300. The summed E-state index contributed by atoms with van der Waals surface area (Å²) >= 11 is 0. The predicted octanol–water partition coefficient (Wildman–Crippen LogP) is 1.64. The summed E-state index contributed by atoms with van der Waals surface area (Å²) in [5, 5.41) is 2.75. The maximum atomic E-state index is 13.0. The molecule has 0 fully saturated rings. The maximum absolute atomic E-state index is 13.0. The van der Waals surface area contributed by atoms with Crippen molar-refractivity contribution in [2.75, 3.05) is 6.54 Å². The molecule has 0 aliphatic carbocycles. The van der Waals surface area contributed by atoms with Gasteiger partial charge in [0, 0.05) is 18.2 Å². The molecule has 1 aromatic rings. The van der Waals surface area contributed by atoms with E-state index < -0.39 is 11.6 Å². The van der Waals surface area contributed by atoms with Gasteiger partial charge in [0.05, 0.1) is 6.54 Å². The van der Waals surface area contributed by atoms with Gasteiger partial charge in [-0.25, -0.2) is 8.78 Å². The van der Waals surface area contributed by atoms with Gasteiger partial charge in [-0.2, -0.15) is 0 Å². The lowest BCUT2D eigenvalue weighted by molar-refractivity contribution is -0.116. The lowest BCUT2D eigenvalue weighted by atomic mass is 10.2. The monoisotopic (exact) mass is 199 g/mol. The van der Waals surface area contributed by atoms with Gasteiger partial charge in [0.25, 0.3) is 0 Å². The van der Waals surface area contributed by atoms with Gasteiger partial charge < -0.3 is 5.32 Å². The van der Waals surface area contributed by atoms with Gasteiger partial charge in [-0.15, -0.1) is 0 Å². The van der Waals surface area contributed by atoms with Gasteiger partial charge in [0.1, 0.15) is 17.4 Å². The van der Waals surface area contributed by atoms with Gasteiger partial charge >= 0.3 is 0 Å². The van der Waals surface area contributed by atoms with Gasteiger partial charge in [-0.1, -0.05) is 6.07 Å². The third-order valence-corrected chi connectivity index (χ3v) is 1.70. The Morgan fingerprint density at radius 2 is 2.14 bits per heavy atom. The molecule has 0 radical (unpaired) electrons. The lowest BCUT2D eigenvalue weighted by Gasteiger charge is -2.03. The van der Waals surface area contributed by atoms with E-state index in [9.17, 15) is 13.6 Å². The van der Waals surface area contributed by atoms with Crippen molar-refractivity contribution >= 4 is 5.78 Å². The van der Waals surface area contributed by atoms with Crippen LogP contribution < -0.4 is 5.32 Å². The van der Waals surface area contributed by atoms with E-state index in [0.717, 1.165) is 6.07 Å². The molecule has 0 spiro atoms. The quantitative estimate of drug-likeness (QED) is 0.798. The fourth-order valence-corrected chi connectivity index (χ4v) is 1.04. The molecule has 0 aliphatic heterocycles. The van der Waals surface area contributed by atoms with E-state index in [0.29, 0.717) is 5.56 Å². The zero-order valence-corrected chi connectivity index (χ0v) is 7.81. The molecule has 0 saturated heterocycles. The average molecular weight is 199 g/mol. The zero-order valence-electron chi connectivity index (χ0n) is 7.81. The second-order valence-electron chi connectivity index (χ2n) is 3.04. The minimum absolute atomic E-state index is 0.0208. The summed E-state index contributed by atoms with van der Waals surface area (Å²) in [7, 11) is 0. The van der Waals surface area contributed by atoms with Gasteiger partial charge in [0.15, 0.2) is 0 Å². The van der Waals surface area contributed by atoms with Crippen LogP contribution in [0.15, 0.2) is 18.2 Å². The standard InChI is InChI=1S/C10H11F2NO/c1-7(14)5-13-6-8-2-3-9(11)4-10(8)12/h2-4,13H,5-6H2,1H3. The SMILES string of the molecule is CC(=O)CNCc1ccc(F)cc1F. The van der Waals surface area contributed by atoms with E-state index in [1.165, 1.54) is 19.1 Å². The van der Waals surface area contributed by atoms with E-state index in [-0.39, 0.29) is 18.9 Å². The van der Waals surface area contributed by atoms with E-state index in [2.05, 4.69) is 5.32 Å². The third-order valence-electron chi connectivity index (χ3n) is 1.70. The Morgan fingerprint density at radius 3 is 2.71 bits per heavy atom. The molecule has 0 unspecified atom stereocenters. The Bertz CT molecular complexity index is 339. The van der Waals surface area contributed by atoms with Crippen LogP contribution in [0.4, 0.5) is 8.78 Å². The van der Waals surface area contributed by atoms with Gasteiger partial charge in [-0.3, -0.25) is 4.79 Å². The van der Waals surface area contributed by atoms with Crippen molar-refractivity contribution in [1.82, 2.24) is 5.32 Å². The van der Waals surface area contributed by atoms with Crippen molar-refractivity contribution in [3.8, 4) is 0 Å². The lowest BCUT2D eigenvalue weighted by Crippen LogP contribution is -2.20. The molecule has 0 aliphatic rings. The number of benzene rings is 1. The number of halogens is 2. The molecular formula is C10H11F2NO. The molecule has 1 N–H and O–H groups in total. The van der Waals surface area contributed by atoms with Crippen molar-refractivity contribution < 1.29 is 13.6 Å². The van der Waals surface area contributed by atoms with Crippen LogP contribution in [-0.4, -0.2) is 12.3 Å². The number of hydrogen-bond acceptors (Lipinski definition) is 2. The van der Waals surface area contributed by atoms with Crippen molar-refractivity contribution in [2.45, 2.75) is 13.5 Å².